The number of rotatable bonds is 8. The maximum absolute atomic E-state index is 11.1. The van der Waals surface area contributed by atoms with Crippen molar-refractivity contribution < 1.29 is 14.4 Å². The number of nitro benzene ring substituents is 1. The Bertz CT molecular complexity index is 435. The summed E-state index contributed by atoms with van der Waals surface area (Å²) in [5, 5.41) is 11.1. The summed E-state index contributed by atoms with van der Waals surface area (Å²) in [5.41, 5.74) is 6.20. The average molecular weight is 268 g/mol. The van der Waals surface area contributed by atoms with Crippen LogP contribution in [0.5, 0.6) is 11.5 Å². The molecular weight excluding hydrogens is 248 g/mol. The summed E-state index contributed by atoms with van der Waals surface area (Å²) in [6, 6.07) is 3.26. The van der Waals surface area contributed by atoms with Crippen LogP contribution in [0.25, 0.3) is 0 Å². The molecule has 1 aromatic rings. The zero-order valence-corrected chi connectivity index (χ0v) is 11.3. The molecule has 0 saturated heterocycles. The van der Waals surface area contributed by atoms with Gasteiger partial charge in [-0.1, -0.05) is 6.92 Å². The molecule has 0 radical (unpaired) electrons. The first kappa shape index (κ1) is 15.2. The molecule has 0 atom stereocenters. The molecule has 6 heteroatoms. The zero-order valence-electron chi connectivity index (χ0n) is 11.3. The van der Waals surface area contributed by atoms with E-state index in [1.54, 1.807) is 6.07 Å². The Morgan fingerprint density at radius 3 is 2.58 bits per heavy atom. The quantitative estimate of drug-likeness (QED) is 0.577. The van der Waals surface area contributed by atoms with E-state index in [0.29, 0.717) is 31.9 Å². The number of nitrogens with zero attached hydrogens (tertiary/aromatic N) is 1. The Morgan fingerprint density at radius 1 is 1.32 bits per heavy atom. The number of nitrogens with two attached hydrogens (primary N) is 1. The summed E-state index contributed by atoms with van der Waals surface area (Å²) in [5.74, 6) is 0.614. The van der Waals surface area contributed by atoms with Gasteiger partial charge in [0.25, 0.3) is 0 Å². The minimum Gasteiger partial charge on any atom is -0.490 e. The van der Waals surface area contributed by atoms with Gasteiger partial charge in [-0.3, -0.25) is 10.1 Å². The van der Waals surface area contributed by atoms with Crippen LogP contribution in [0.4, 0.5) is 5.69 Å². The van der Waals surface area contributed by atoms with E-state index in [2.05, 4.69) is 0 Å². The molecule has 0 unspecified atom stereocenters. The van der Waals surface area contributed by atoms with Gasteiger partial charge in [0.05, 0.1) is 18.1 Å². The second-order valence-corrected chi connectivity index (χ2v) is 4.02. The van der Waals surface area contributed by atoms with Crippen LogP contribution in [0.1, 0.15) is 25.8 Å². The number of nitro groups is 1. The Balaban J connectivity index is 3.24. The molecule has 0 aliphatic carbocycles. The lowest BCUT2D eigenvalue weighted by Gasteiger charge is -2.13. The first-order valence-corrected chi connectivity index (χ1v) is 6.41. The third-order valence-electron chi connectivity index (χ3n) is 2.48. The molecule has 0 aliphatic heterocycles. The van der Waals surface area contributed by atoms with Gasteiger partial charge < -0.3 is 15.2 Å². The van der Waals surface area contributed by atoms with Crippen molar-refractivity contribution in [3.63, 3.8) is 0 Å². The van der Waals surface area contributed by atoms with Crippen LogP contribution < -0.4 is 15.2 Å². The Labute approximate surface area is 112 Å². The van der Waals surface area contributed by atoms with Crippen molar-refractivity contribution in [2.75, 3.05) is 19.8 Å². The third kappa shape index (κ3) is 4.10. The lowest BCUT2D eigenvalue weighted by Crippen LogP contribution is -2.07. The van der Waals surface area contributed by atoms with Gasteiger partial charge in [0, 0.05) is 6.07 Å². The molecule has 1 rings (SSSR count). The van der Waals surface area contributed by atoms with Crippen molar-refractivity contribution in [2.24, 2.45) is 5.73 Å². The van der Waals surface area contributed by atoms with Crippen molar-refractivity contribution >= 4 is 5.69 Å². The standard InChI is InChI=1S/C13H20N2O4/c1-3-7-19-13-11(15(16)17)8-10(5-6-14)9-12(13)18-4-2/h8-9H,3-7,14H2,1-2H3. The molecule has 106 valence electrons. The molecule has 0 spiro atoms. The minimum absolute atomic E-state index is 0.0668. The molecule has 0 amide bonds. The van der Waals surface area contributed by atoms with E-state index < -0.39 is 4.92 Å². The van der Waals surface area contributed by atoms with Crippen molar-refractivity contribution in [3.8, 4) is 11.5 Å². The molecule has 0 heterocycles. The van der Waals surface area contributed by atoms with Gasteiger partial charge in [-0.25, -0.2) is 0 Å². The highest BCUT2D eigenvalue weighted by molar-refractivity contribution is 5.58. The second-order valence-electron chi connectivity index (χ2n) is 4.02. The summed E-state index contributed by atoms with van der Waals surface area (Å²) < 4.78 is 10.9. The highest BCUT2D eigenvalue weighted by atomic mass is 16.6. The van der Waals surface area contributed by atoms with Crippen LogP contribution in [0, 0.1) is 10.1 Å². The normalized spacial score (nSPS) is 10.3. The van der Waals surface area contributed by atoms with Gasteiger partial charge in [-0.15, -0.1) is 0 Å². The second kappa shape index (κ2) is 7.58. The van der Waals surface area contributed by atoms with E-state index in [1.165, 1.54) is 6.07 Å². The number of hydrogen-bond donors (Lipinski definition) is 1. The van der Waals surface area contributed by atoms with Gasteiger partial charge in [0.15, 0.2) is 5.75 Å². The lowest BCUT2D eigenvalue weighted by atomic mass is 10.1. The largest absolute Gasteiger partial charge is 0.490 e. The van der Waals surface area contributed by atoms with Gasteiger partial charge in [0.1, 0.15) is 0 Å². The van der Waals surface area contributed by atoms with Crippen LogP contribution in [0.3, 0.4) is 0 Å². The van der Waals surface area contributed by atoms with Gasteiger partial charge >= 0.3 is 5.69 Å². The van der Waals surface area contributed by atoms with Gasteiger partial charge in [-0.2, -0.15) is 0 Å². The molecule has 6 nitrogen and oxygen atoms in total. The lowest BCUT2D eigenvalue weighted by molar-refractivity contribution is -0.386. The molecule has 0 fully saturated rings. The van der Waals surface area contributed by atoms with Crippen molar-refractivity contribution in [1.29, 1.82) is 0 Å². The number of ether oxygens (including phenoxy) is 2. The monoisotopic (exact) mass is 268 g/mol. The van der Waals surface area contributed by atoms with Crippen LogP contribution in [0.2, 0.25) is 0 Å². The van der Waals surface area contributed by atoms with Crippen LogP contribution >= 0.6 is 0 Å². The third-order valence-corrected chi connectivity index (χ3v) is 2.48. The van der Waals surface area contributed by atoms with Crippen LogP contribution in [0.15, 0.2) is 12.1 Å². The maximum Gasteiger partial charge on any atom is 0.315 e. The van der Waals surface area contributed by atoms with E-state index in [-0.39, 0.29) is 11.4 Å². The summed E-state index contributed by atoms with van der Waals surface area (Å²) in [6.07, 6.45) is 1.34. The van der Waals surface area contributed by atoms with Crippen molar-refractivity contribution in [3.05, 3.63) is 27.8 Å². The van der Waals surface area contributed by atoms with E-state index >= 15 is 0 Å². The van der Waals surface area contributed by atoms with E-state index in [1.807, 2.05) is 13.8 Å². The smallest absolute Gasteiger partial charge is 0.315 e. The SMILES string of the molecule is CCCOc1c(OCC)cc(CCN)cc1[N+](=O)[O-]. The molecule has 19 heavy (non-hydrogen) atoms. The number of hydrogen-bond acceptors (Lipinski definition) is 5. The van der Waals surface area contributed by atoms with E-state index in [9.17, 15) is 10.1 Å². The Morgan fingerprint density at radius 2 is 2.05 bits per heavy atom. The fourth-order valence-electron chi connectivity index (χ4n) is 1.70. The fourth-order valence-corrected chi connectivity index (χ4v) is 1.70. The van der Waals surface area contributed by atoms with Gasteiger partial charge in [0.2, 0.25) is 5.75 Å². The minimum atomic E-state index is -0.451. The van der Waals surface area contributed by atoms with E-state index in [0.717, 1.165) is 12.0 Å². The molecule has 0 aromatic heterocycles. The van der Waals surface area contributed by atoms with Gasteiger partial charge in [-0.05, 0) is 37.9 Å². The van der Waals surface area contributed by atoms with Crippen LogP contribution in [-0.4, -0.2) is 24.7 Å². The summed E-state index contributed by atoms with van der Waals surface area (Å²) in [6.45, 7) is 5.03. The number of benzene rings is 1. The predicted octanol–water partition coefficient (Wildman–Crippen LogP) is 2.28. The molecule has 1 aromatic carbocycles. The van der Waals surface area contributed by atoms with E-state index in [4.69, 9.17) is 15.2 Å². The molecule has 0 aliphatic rings. The molecule has 2 N–H and O–H groups in total. The Hall–Kier alpha value is -1.82. The first-order valence-electron chi connectivity index (χ1n) is 6.41. The molecular formula is C13H20N2O4. The Kier molecular flexibility index (Phi) is 6.08. The predicted molar refractivity (Wildman–Crippen MR) is 72.8 cm³/mol. The fraction of sp³-hybridized carbons (Fsp3) is 0.538. The summed E-state index contributed by atoms with van der Waals surface area (Å²) in [4.78, 5) is 10.7. The topological polar surface area (TPSA) is 87.6 Å². The van der Waals surface area contributed by atoms with Crippen molar-refractivity contribution in [2.45, 2.75) is 26.7 Å². The molecule has 0 saturated carbocycles. The van der Waals surface area contributed by atoms with Crippen molar-refractivity contribution in [1.82, 2.24) is 0 Å². The summed E-state index contributed by atoms with van der Waals surface area (Å²) >= 11 is 0. The highest BCUT2D eigenvalue weighted by Gasteiger charge is 2.22. The maximum atomic E-state index is 11.1. The molecule has 0 bridgehead atoms. The average Bonchev–Trinajstić information content (AvgIpc) is 2.37. The highest BCUT2D eigenvalue weighted by Crippen LogP contribution is 2.38. The summed E-state index contributed by atoms with van der Waals surface area (Å²) in [7, 11) is 0. The van der Waals surface area contributed by atoms with Crippen LogP contribution in [-0.2, 0) is 6.42 Å². The zero-order chi connectivity index (χ0) is 14.3. The first-order chi connectivity index (χ1) is 9.13.